The third-order valence-electron chi connectivity index (χ3n) is 4.01. The van der Waals surface area contributed by atoms with Crippen LogP contribution in [0.3, 0.4) is 0 Å². The second-order valence-electron chi connectivity index (χ2n) is 6.10. The van der Waals surface area contributed by atoms with E-state index >= 15 is 0 Å². The van der Waals surface area contributed by atoms with Gasteiger partial charge < -0.3 is 14.5 Å². The van der Waals surface area contributed by atoms with E-state index in [0.717, 1.165) is 5.57 Å². The Hall–Kier alpha value is -1.90. The summed E-state index contributed by atoms with van der Waals surface area (Å²) in [5.74, 6) is -0.238. The molecule has 0 bridgehead atoms. The highest BCUT2D eigenvalue weighted by Crippen LogP contribution is 2.26. The number of hydrogen-bond acceptors (Lipinski definition) is 5. The van der Waals surface area contributed by atoms with Crippen LogP contribution in [0, 0.1) is 0 Å². The summed E-state index contributed by atoms with van der Waals surface area (Å²) in [5, 5.41) is 5.24. The summed E-state index contributed by atoms with van der Waals surface area (Å²) in [6.07, 6.45) is 0. The molecule has 0 aliphatic carbocycles. The molecule has 25 heavy (non-hydrogen) atoms. The number of morpholine rings is 1. The molecule has 1 fully saturated rings. The second-order valence-corrected chi connectivity index (χ2v) is 7.66. The van der Waals surface area contributed by atoms with Gasteiger partial charge in [-0.2, -0.15) is 0 Å². The molecule has 1 aromatic carbocycles. The highest BCUT2D eigenvalue weighted by atomic mass is 32.2. The van der Waals surface area contributed by atoms with Crippen molar-refractivity contribution in [1.29, 1.82) is 0 Å². The molecule has 7 nitrogen and oxygen atoms in total. The molecular weight excluding hydrogens is 342 g/mol. The maximum Gasteiger partial charge on any atom is 0.256 e. The number of carbonyl (C=O) groups is 1. The predicted molar refractivity (Wildman–Crippen MR) is 97.2 cm³/mol. The number of amides is 1. The number of nitrogens with two attached hydrogens (primary N) is 1. The molecule has 1 saturated heterocycles. The number of hydrogen-bond donors (Lipinski definition) is 1. The van der Waals surface area contributed by atoms with Crippen molar-refractivity contribution >= 4 is 21.6 Å². The molecule has 0 saturated carbocycles. The summed E-state index contributed by atoms with van der Waals surface area (Å²) >= 11 is 0. The van der Waals surface area contributed by atoms with E-state index in [2.05, 4.69) is 6.58 Å². The molecule has 8 heteroatoms. The first-order valence-electron chi connectivity index (χ1n) is 8.17. The molecule has 138 valence electrons. The standard InChI is InChI=1S/C17H25N3O4S/c1-4-19(12-13(2)3)17(21)15-11-14(25(18,22)23)5-6-16(15)20-7-9-24-10-8-20/h5-6,11H,2,4,7-10,12H2,1,3H3,(H2,18,22,23). The van der Waals surface area contributed by atoms with Crippen LogP contribution in [0.1, 0.15) is 24.2 Å². The van der Waals surface area contributed by atoms with Crippen LogP contribution >= 0.6 is 0 Å². The lowest BCUT2D eigenvalue weighted by Gasteiger charge is -2.31. The van der Waals surface area contributed by atoms with Crippen LogP contribution in [0.15, 0.2) is 35.2 Å². The number of likely N-dealkylation sites (N-methyl/N-ethyl adjacent to an activating group) is 1. The molecule has 1 amide bonds. The van der Waals surface area contributed by atoms with Gasteiger partial charge in [-0.25, -0.2) is 13.6 Å². The van der Waals surface area contributed by atoms with Crippen molar-refractivity contribution in [3.8, 4) is 0 Å². The van der Waals surface area contributed by atoms with Crippen molar-refractivity contribution in [2.24, 2.45) is 5.14 Å². The van der Waals surface area contributed by atoms with Crippen LogP contribution in [0.4, 0.5) is 5.69 Å². The summed E-state index contributed by atoms with van der Waals surface area (Å²) in [5.41, 5.74) is 1.88. The van der Waals surface area contributed by atoms with Crippen LogP contribution in [0.2, 0.25) is 0 Å². The maximum absolute atomic E-state index is 13.0. The van der Waals surface area contributed by atoms with Gasteiger partial charge in [0.25, 0.3) is 5.91 Å². The van der Waals surface area contributed by atoms with Gasteiger partial charge in [-0.15, -0.1) is 0 Å². The Morgan fingerprint density at radius 3 is 2.52 bits per heavy atom. The highest BCUT2D eigenvalue weighted by molar-refractivity contribution is 7.89. The Labute approximate surface area is 149 Å². The molecule has 2 rings (SSSR count). The zero-order valence-electron chi connectivity index (χ0n) is 14.7. The summed E-state index contributed by atoms with van der Waals surface area (Å²) in [6.45, 7) is 10.9. The van der Waals surface area contributed by atoms with Crippen molar-refractivity contribution in [2.45, 2.75) is 18.7 Å². The highest BCUT2D eigenvalue weighted by Gasteiger charge is 2.24. The average molecular weight is 367 g/mol. The summed E-state index contributed by atoms with van der Waals surface area (Å²) in [6, 6.07) is 4.45. The minimum atomic E-state index is -3.89. The zero-order valence-corrected chi connectivity index (χ0v) is 15.5. The van der Waals surface area contributed by atoms with E-state index in [-0.39, 0.29) is 10.8 Å². The predicted octanol–water partition coefficient (Wildman–Crippen LogP) is 1.21. The van der Waals surface area contributed by atoms with Gasteiger partial charge in [0.15, 0.2) is 0 Å². The molecule has 1 aromatic rings. The fraction of sp³-hybridized carbons (Fsp3) is 0.471. The van der Waals surface area contributed by atoms with Gasteiger partial charge in [0, 0.05) is 31.9 Å². The maximum atomic E-state index is 13.0. The van der Waals surface area contributed by atoms with Crippen LogP contribution < -0.4 is 10.0 Å². The molecule has 0 atom stereocenters. The number of carbonyl (C=O) groups excluding carboxylic acids is 1. The smallest absolute Gasteiger partial charge is 0.256 e. The molecule has 1 aliphatic rings. The van der Waals surface area contributed by atoms with Crippen LogP contribution in [-0.4, -0.2) is 58.6 Å². The second kappa shape index (κ2) is 7.99. The van der Waals surface area contributed by atoms with E-state index in [1.54, 1.807) is 11.0 Å². The SMILES string of the molecule is C=C(C)CN(CC)C(=O)c1cc(S(N)(=O)=O)ccc1N1CCOCC1. The molecule has 0 spiro atoms. The van der Waals surface area contributed by atoms with E-state index in [4.69, 9.17) is 9.88 Å². The number of primary sulfonamides is 1. The Morgan fingerprint density at radius 2 is 2.00 bits per heavy atom. The largest absolute Gasteiger partial charge is 0.378 e. The van der Waals surface area contributed by atoms with Gasteiger partial charge in [0.05, 0.1) is 23.7 Å². The first-order chi connectivity index (χ1) is 11.7. The monoisotopic (exact) mass is 367 g/mol. The third-order valence-corrected chi connectivity index (χ3v) is 4.92. The number of nitrogens with zero attached hydrogens (tertiary/aromatic N) is 2. The number of rotatable bonds is 6. The Balaban J connectivity index is 2.49. The number of benzene rings is 1. The third kappa shape index (κ3) is 4.81. The Morgan fingerprint density at radius 1 is 1.36 bits per heavy atom. The molecule has 0 aromatic heterocycles. The van der Waals surface area contributed by atoms with Crippen LogP contribution in [0.5, 0.6) is 0 Å². The zero-order chi connectivity index (χ0) is 18.6. The first-order valence-corrected chi connectivity index (χ1v) is 9.72. The van der Waals surface area contributed by atoms with Gasteiger partial charge in [0.1, 0.15) is 0 Å². The number of ether oxygens (including phenoxy) is 1. The Bertz CT molecular complexity index is 755. The fourth-order valence-electron chi connectivity index (χ4n) is 2.77. The van der Waals surface area contributed by atoms with Crippen molar-refractivity contribution < 1.29 is 17.9 Å². The molecule has 1 aliphatic heterocycles. The van der Waals surface area contributed by atoms with Crippen molar-refractivity contribution in [3.63, 3.8) is 0 Å². The van der Waals surface area contributed by atoms with Crippen LogP contribution in [-0.2, 0) is 14.8 Å². The van der Waals surface area contributed by atoms with E-state index in [9.17, 15) is 13.2 Å². The van der Waals surface area contributed by atoms with Crippen molar-refractivity contribution in [1.82, 2.24) is 4.90 Å². The van der Waals surface area contributed by atoms with Crippen molar-refractivity contribution in [3.05, 3.63) is 35.9 Å². The van der Waals surface area contributed by atoms with Crippen LogP contribution in [0.25, 0.3) is 0 Å². The summed E-state index contributed by atoms with van der Waals surface area (Å²) in [4.78, 5) is 16.6. The van der Waals surface area contributed by atoms with Gasteiger partial charge in [-0.1, -0.05) is 12.2 Å². The summed E-state index contributed by atoms with van der Waals surface area (Å²) < 4.78 is 28.8. The number of anilines is 1. The van der Waals surface area contributed by atoms with Crippen molar-refractivity contribution in [2.75, 3.05) is 44.3 Å². The minimum absolute atomic E-state index is 0.0702. The van der Waals surface area contributed by atoms with E-state index in [1.807, 2.05) is 18.7 Å². The lowest BCUT2D eigenvalue weighted by Crippen LogP contribution is -2.39. The summed E-state index contributed by atoms with van der Waals surface area (Å²) in [7, 11) is -3.89. The lowest BCUT2D eigenvalue weighted by molar-refractivity contribution is 0.0777. The molecule has 2 N–H and O–H groups in total. The van der Waals surface area contributed by atoms with Gasteiger partial charge in [-0.3, -0.25) is 4.79 Å². The number of sulfonamides is 1. The normalized spacial score (nSPS) is 15.1. The van der Waals surface area contributed by atoms with E-state index in [1.165, 1.54) is 12.1 Å². The van der Waals surface area contributed by atoms with Gasteiger partial charge in [-0.05, 0) is 32.0 Å². The lowest BCUT2D eigenvalue weighted by atomic mass is 10.1. The van der Waals surface area contributed by atoms with E-state index < -0.39 is 10.0 Å². The van der Waals surface area contributed by atoms with E-state index in [0.29, 0.717) is 50.6 Å². The minimum Gasteiger partial charge on any atom is -0.378 e. The quantitative estimate of drug-likeness (QED) is 0.763. The fourth-order valence-corrected chi connectivity index (χ4v) is 3.31. The average Bonchev–Trinajstić information content (AvgIpc) is 2.58. The van der Waals surface area contributed by atoms with Gasteiger partial charge in [0.2, 0.25) is 10.0 Å². The molecular formula is C17H25N3O4S. The Kier molecular flexibility index (Phi) is 6.21. The first kappa shape index (κ1) is 19.4. The molecule has 0 unspecified atom stereocenters. The molecule has 0 radical (unpaired) electrons. The molecule has 1 heterocycles. The topological polar surface area (TPSA) is 92.9 Å². The van der Waals surface area contributed by atoms with Gasteiger partial charge >= 0.3 is 0 Å².